The smallest absolute Gasteiger partial charge is 0.406 e. The summed E-state index contributed by atoms with van der Waals surface area (Å²) in [4.78, 5) is 10.7. The summed E-state index contributed by atoms with van der Waals surface area (Å²) >= 11 is 0. The molecule has 3 heteroatoms. The molecule has 0 fully saturated rings. The molecular weight excluding hydrogens is 154 g/mol. The van der Waals surface area contributed by atoms with Crippen molar-refractivity contribution >= 4 is 6.09 Å². The molecule has 0 aromatic rings. The van der Waals surface area contributed by atoms with Gasteiger partial charge in [-0.25, -0.2) is 4.79 Å². The highest BCUT2D eigenvalue weighted by Gasteiger charge is 2.17. The lowest BCUT2D eigenvalue weighted by Gasteiger charge is -2.23. The van der Waals surface area contributed by atoms with Gasteiger partial charge in [-0.15, -0.1) is 0 Å². The molecule has 0 aromatic carbocycles. The number of hydrogen-bond donors (Lipinski definition) is 1. The normalized spacial score (nSPS) is 11.0. The number of rotatable bonds is 4. The lowest BCUT2D eigenvalue weighted by atomic mass is 9.88. The molecular formula is C9H19NO2. The molecule has 0 spiro atoms. The van der Waals surface area contributed by atoms with Crippen molar-refractivity contribution in [2.45, 2.75) is 33.6 Å². The number of carbonyl (C=O) groups is 1. The van der Waals surface area contributed by atoms with Crippen LogP contribution in [0.5, 0.6) is 0 Å². The van der Waals surface area contributed by atoms with Crippen LogP contribution in [0, 0.1) is 5.41 Å². The minimum Gasteiger partial charge on any atom is -0.453 e. The predicted molar refractivity (Wildman–Crippen MR) is 49.1 cm³/mol. The summed E-state index contributed by atoms with van der Waals surface area (Å²) in [6.07, 6.45) is 1.89. The van der Waals surface area contributed by atoms with E-state index < -0.39 is 0 Å². The first-order valence-corrected chi connectivity index (χ1v) is 4.33. The zero-order valence-electron chi connectivity index (χ0n) is 8.44. The van der Waals surface area contributed by atoms with Crippen molar-refractivity contribution in [3.05, 3.63) is 0 Å². The molecule has 0 aliphatic heterocycles. The fourth-order valence-corrected chi connectivity index (χ4v) is 1.15. The molecule has 0 radical (unpaired) electrons. The van der Waals surface area contributed by atoms with Crippen LogP contribution in [0.2, 0.25) is 0 Å². The first-order valence-electron chi connectivity index (χ1n) is 4.33. The highest BCUT2D eigenvalue weighted by atomic mass is 16.5. The molecule has 0 rings (SSSR count). The summed E-state index contributed by atoms with van der Waals surface area (Å²) in [6.45, 7) is 7.08. The molecule has 0 unspecified atom stereocenters. The molecule has 0 heterocycles. The molecule has 0 saturated carbocycles. The van der Waals surface area contributed by atoms with E-state index in [1.54, 1.807) is 0 Å². The van der Waals surface area contributed by atoms with Crippen LogP contribution in [0.3, 0.4) is 0 Å². The van der Waals surface area contributed by atoms with Crippen molar-refractivity contribution in [3.63, 3.8) is 0 Å². The third-order valence-electron chi connectivity index (χ3n) is 1.82. The van der Waals surface area contributed by atoms with Gasteiger partial charge in [0.1, 0.15) is 0 Å². The molecule has 0 atom stereocenters. The van der Waals surface area contributed by atoms with E-state index in [1.807, 2.05) is 0 Å². The molecule has 0 aliphatic rings. The second-order valence-electron chi connectivity index (χ2n) is 3.76. The summed E-state index contributed by atoms with van der Waals surface area (Å²) in [5, 5.41) is 2.70. The molecule has 12 heavy (non-hydrogen) atoms. The Bertz CT molecular complexity index is 143. The van der Waals surface area contributed by atoms with Crippen molar-refractivity contribution < 1.29 is 9.53 Å². The number of amides is 1. The van der Waals surface area contributed by atoms with E-state index in [1.165, 1.54) is 7.11 Å². The number of methoxy groups -OCH3 is 1. The van der Waals surface area contributed by atoms with Crippen molar-refractivity contribution in [3.8, 4) is 0 Å². The summed E-state index contributed by atoms with van der Waals surface area (Å²) < 4.78 is 4.47. The Labute approximate surface area is 74.5 Å². The Morgan fingerprint density at radius 3 is 2.50 bits per heavy atom. The largest absolute Gasteiger partial charge is 0.453 e. The topological polar surface area (TPSA) is 38.3 Å². The maximum atomic E-state index is 10.7. The summed E-state index contributed by atoms with van der Waals surface area (Å²) in [7, 11) is 1.38. The van der Waals surface area contributed by atoms with E-state index in [9.17, 15) is 4.79 Å². The highest BCUT2D eigenvalue weighted by Crippen LogP contribution is 2.20. The van der Waals surface area contributed by atoms with Crippen LogP contribution in [-0.4, -0.2) is 19.7 Å². The Morgan fingerprint density at radius 2 is 2.08 bits per heavy atom. The van der Waals surface area contributed by atoms with E-state index >= 15 is 0 Å². The third kappa shape index (κ3) is 4.99. The quantitative estimate of drug-likeness (QED) is 0.707. The Hall–Kier alpha value is -0.730. The first-order chi connectivity index (χ1) is 5.52. The third-order valence-corrected chi connectivity index (χ3v) is 1.82. The molecule has 0 aromatic heterocycles. The Kier molecular flexibility index (Phi) is 4.71. The summed E-state index contributed by atoms with van der Waals surface area (Å²) in [6, 6.07) is 0. The second kappa shape index (κ2) is 5.01. The first kappa shape index (κ1) is 11.3. The molecule has 72 valence electrons. The summed E-state index contributed by atoms with van der Waals surface area (Å²) in [5.74, 6) is 0. The van der Waals surface area contributed by atoms with Crippen molar-refractivity contribution in [2.75, 3.05) is 13.7 Å². The van der Waals surface area contributed by atoms with Gasteiger partial charge in [0, 0.05) is 6.54 Å². The van der Waals surface area contributed by atoms with Crippen LogP contribution in [0.1, 0.15) is 33.6 Å². The Morgan fingerprint density at radius 1 is 1.50 bits per heavy atom. The second-order valence-corrected chi connectivity index (χ2v) is 3.76. The maximum Gasteiger partial charge on any atom is 0.406 e. The number of alkyl carbamates (subject to hydrolysis) is 1. The fourth-order valence-electron chi connectivity index (χ4n) is 1.15. The number of hydrogen-bond acceptors (Lipinski definition) is 2. The number of ether oxygens (including phenoxy) is 1. The van der Waals surface area contributed by atoms with Gasteiger partial charge >= 0.3 is 6.09 Å². The van der Waals surface area contributed by atoms with Crippen LogP contribution >= 0.6 is 0 Å². The molecule has 3 nitrogen and oxygen atoms in total. The van der Waals surface area contributed by atoms with E-state index in [0.717, 1.165) is 12.8 Å². The van der Waals surface area contributed by atoms with Gasteiger partial charge in [0.15, 0.2) is 0 Å². The SMILES string of the molecule is CCCC(C)(C)CNC(=O)OC. The van der Waals surface area contributed by atoms with Crippen molar-refractivity contribution in [1.29, 1.82) is 0 Å². The molecule has 0 bridgehead atoms. The fraction of sp³-hybridized carbons (Fsp3) is 0.889. The minimum atomic E-state index is -0.348. The monoisotopic (exact) mass is 173 g/mol. The predicted octanol–water partition coefficient (Wildman–Crippen LogP) is 2.17. The zero-order valence-corrected chi connectivity index (χ0v) is 8.44. The van der Waals surface area contributed by atoms with E-state index in [4.69, 9.17) is 0 Å². The van der Waals surface area contributed by atoms with Gasteiger partial charge in [0.25, 0.3) is 0 Å². The number of carbonyl (C=O) groups excluding carboxylic acids is 1. The van der Waals surface area contributed by atoms with Gasteiger partial charge in [0.2, 0.25) is 0 Å². The molecule has 1 amide bonds. The summed E-state index contributed by atoms with van der Waals surface area (Å²) in [5.41, 5.74) is 0.170. The van der Waals surface area contributed by atoms with Gasteiger partial charge in [0.05, 0.1) is 7.11 Å². The zero-order chi connectivity index (χ0) is 9.61. The van der Waals surface area contributed by atoms with Crippen molar-refractivity contribution in [2.24, 2.45) is 5.41 Å². The van der Waals surface area contributed by atoms with Crippen LogP contribution in [0.25, 0.3) is 0 Å². The van der Waals surface area contributed by atoms with Crippen LogP contribution < -0.4 is 5.32 Å². The van der Waals surface area contributed by atoms with Gasteiger partial charge in [-0.3, -0.25) is 0 Å². The van der Waals surface area contributed by atoms with Gasteiger partial charge in [-0.05, 0) is 11.8 Å². The lowest BCUT2D eigenvalue weighted by molar-refractivity contribution is 0.164. The average molecular weight is 173 g/mol. The van der Waals surface area contributed by atoms with Crippen LogP contribution in [-0.2, 0) is 4.74 Å². The highest BCUT2D eigenvalue weighted by molar-refractivity contribution is 5.66. The van der Waals surface area contributed by atoms with E-state index in [2.05, 4.69) is 30.8 Å². The molecule has 0 aliphatic carbocycles. The Balaban J connectivity index is 3.67. The van der Waals surface area contributed by atoms with Gasteiger partial charge in [-0.1, -0.05) is 27.2 Å². The molecule has 1 N–H and O–H groups in total. The minimum absolute atomic E-state index is 0.170. The molecule has 0 saturated heterocycles. The lowest BCUT2D eigenvalue weighted by Crippen LogP contribution is -2.33. The standard InChI is InChI=1S/C9H19NO2/c1-5-6-9(2,3)7-10-8(11)12-4/h5-7H2,1-4H3,(H,10,11). The van der Waals surface area contributed by atoms with Gasteiger partial charge < -0.3 is 10.1 Å². The van der Waals surface area contributed by atoms with Crippen LogP contribution in [0.15, 0.2) is 0 Å². The van der Waals surface area contributed by atoms with Crippen LogP contribution in [0.4, 0.5) is 4.79 Å². The van der Waals surface area contributed by atoms with Crippen molar-refractivity contribution in [1.82, 2.24) is 5.32 Å². The van der Waals surface area contributed by atoms with E-state index in [0.29, 0.717) is 6.54 Å². The van der Waals surface area contributed by atoms with Gasteiger partial charge in [-0.2, -0.15) is 0 Å². The number of nitrogens with one attached hydrogen (secondary N) is 1. The average Bonchev–Trinajstić information content (AvgIpc) is 2.00. The van der Waals surface area contributed by atoms with E-state index in [-0.39, 0.29) is 11.5 Å². The maximum absolute atomic E-state index is 10.7.